The molecule has 21 heavy (non-hydrogen) atoms. The Morgan fingerprint density at radius 1 is 1.48 bits per heavy atom. The van der Waals surface area contributed by atoms with E-state index in [0.29, 0.717) is 24.3 Å². The van der Waals surface area contributed by atoms with E-state index in [2.05, 4.69) is 15.6 Å². The highest BCUT2D eigenvalue weighted by Crippen LogP contribution is 2.18. The van der Waals surface area contributed by atoms with Gasteiger partial charge in [0.1, 0.15) is 5.82 Å². The second kappa shape index (κ2) is 6.89. The molecule has 1 saturated heterocycles. The molecule has 6 nitrogen and oxygen atoms in total. The van der Waals surface area contributed by atoms with Crippen LogP contribution < -0.4 is 10.6 Å². The molecule has 0 radical (unpaired) electrons. The quantitative estimate of drug-likeness (QED) is 0.820. The Balaban J connectivity index is 1.94. The van der Waals surface area contributed by atoms with Gasteiger partial charge >= 0.3 is 0 Å². The van der Waals surface area contributed by atoms with Crippen molar-refractivity contribution in [1.29, 1.82) is 0 Å². The molecule has 0 spiro atoms. The molecule has 0 saturated carbocycles. The van der Waals surface area contributed by atoms with Crippen LogP contribution in [0, 0.1) is 5.92 Å². The molecule has 2 rings (SSSR count). The number of rotatable bonds is 6. The first kappa shape index (κ1) is 15.8. The normalized spacial score (nSPS) is 20.1. The SMILES string of the molecule is CCCNc1ncccc1C(=O)NCC1CCS(=O)(=O)C1. The zero-order chi connectivity index (χ0) is 15.3. The molecule has 2 heterocycles. The van der Waals surface area contributed by atoms with Crippen molar-refractivity contribution in [2.75, 3.05) is 29.9 Å². The molecular weight excluding hydrogens is 290 g/mol. The third-order valence-electron chi connectivity index (χ3n) is 3.47. The Labute approximate surface area is 125 Å². The number of amides is 1. The van der Waals surface area contributed by atoms with Crippen LogP contribution in [0.5, 0.6) is 0 Å². The van der Waals surface area contributed by atoms with E-state index in [4.69, 9.17) is 0 Å². The van der Waals surface area contributed by atoms with Gasteiger partial charge in [-0.05, 0) is 30.9 Å². The van der Waals surface area contributed by atoms with Gasteiger partial charge in [0.2, 0.25) is 0 Å². The first-order valence-electron chi connectivity index (χ1n) is 7.19. The van der Waals surface area contributed by atoms with Crippen LogP contribution in [0.25, 0.3) is 0 Å². The van der Waals surface area contributed by atoms with Crippen LogP contribution >= 0.6 is 0 Å². The van der Waals surface area contributed by atoms with Gasteiger partial charge in [-0.3, -0.25) is 4.79 Å². The van der Waals surface area contributed by atoms with Crippen LogP contribution in [0.15, 0.2) is 18.3 Å². The van der Waals surface area contributed by atoms with Gasteiger partial charge in [0.05, 0.1) is 17.1 Å². The molecular formula is C14H21N3O3S. The van der Waals surface area contributed by atoms with E-state index in [1.54, 1.807) is 18.3 Å². The summed E-state index contributed by atoms with van der Waals surface area (Å²) in [5.41, 5.74) is 0.492. The predicted molar refractivity (Wildman–Crippen MR) is 82.1 cm³/mol. The second-order valence-corrected chi connectivity index (χ2v) is 7.53. The fourth-order valence-electron chi connectivity index (χ4n) is 2.34. The molecule has 1 atom stereocenters. The van der Waals surface area contributed by atoms with Gasteiger partial charge in [-0.25, -0.2) is 13.4 Å². The smallest absolute Gasteiger partial charge is 0.255 e. The van der Waals surface area contributed by atoms with E-state index in [1.165, 1.54) is 0 Å². The summed E-state index contributed by atoms with van der Waals surface area (Å²) >= 11 is 0. The maximum absolute atomic E-state index is 12.2. The fourth-order valence-corrected chi connectivity index (χ4v) is 4.20. The molecule has 0 aliphatic carbocycles. The van der Waals surface area contributed by atoms with E-state index in [-0.39, 0.29) is 23.3 Å². The molecule has 1 aromatic heterocycles. The van der Waals surface area contributed by atoms with Crippen molar-refractivity contribution in [2.45, 2.75) is 19.8 Å². The van der Waals surface area contributed by atoms with Crippen LogP contribution in [0.3, 0.4) is 0 Å². The number of carbonyl (C=O) groups excluding carboxylic acids is 1. The van der Waals surface area contributed by atoms with E-state index >= 15 is 0 Å². The summed E-state index contributed by atoms with van der Waals surface area (Å²) < 4.78 is 22.8. The van der Waals surface area contributed by atoms with Gasteiger partial charge in [-0.15, -0.1) is 0 Å². The molecule has 1 amide bonds. The molecule has 1 fully saturated rings. The maximum atomic E-state index is 12.2. The molecule has 1 aliphatic rings. The van der Waals surface area contributed by atoms with E-state index in [0.717, 1.165) is 13.0 Å². The molecule has 1 unspecified atom stereocenters. The number of sulfone groups is 1. The van der Waals surface area contributed by atoms with Crippen molar-refractivity contribution in [2.24, 2.45) is 5.92 Å². The lowest BCUT2D eigenvalue weighted by Gasteiger charge is -2.12. The lowest BCUT2D eigenvalue weighted by Crippen LogP contribution is -2.30. The Kier molecular flexibility index (Phi) is 5.17. The van der Waals surface area contributed by atoms with Crippen LogP contribution in [0.4, 0.5) is 5.82 Å². The highest BCUT2D eigenvalue weighted by Gasteiger charge is 2.28. The van der Waals surface area contributed by atoms with Gasteiger partial charge in [0, 0.05) is 19.3 Å². The highest BCUT2D eigenvalue weighted by atomic mass is 32.2. The first-order chi connectivity index (χ1) is 10.0. The first-order valence-corrected chi connectivity index (χ1v) is 9.01. The van der Waals surface area contributed by atoms with Crippen molar-refractivity contribution in [3.05, 3.63) is 23.9 Å². The minimum Gasteiger partial charge on any atom is -0.369 e. The number of nitrogens with zero attached hydrogens (tertiary/aromatic N) is 1. The zero-order valence-corrected chi connectivity index (χ0v) is 12.9. The van der Waals surface area contributed by atoms with E-state index in [9.17, 15) is 13.2 Å². The Hall–Kier alpha value is -1.63. The number of anilines is 1. The third-order valence-corrected chi connectivity index (χ3v) is 5.31. The Bertz CT molecular complexity index is 601. The van der Waals surface area contributed by atoms with Crippen LogP contribution in [-0.4, -0.2) is 43.9 Å². The van der Waals surface area contributed by atoms with Gasteiger partial charge in [-0.1, -0.05) is 6.92 Å². The summed E-state index contributed by atoms with van der Waals surface area (Å²) in [6, 6.07) is 3.43. The third kappa shape index (κ3) is 4.42. The standard InChI is InChI=1S/C14H21N3O3S/c1-2-6-15-13-12(4-3-7-16-13)14(18)17-9-11-5-8-21(19,20)10-11/h3-4,7,11H,2,5-6,8-10H2,1H3,(H,15,16)(H,17,18). The van der Waals surface area contributed by atoms with E-state index < -0.39 is 9.84 Å². The molecule has 0 aromatic carbocycles. The lowest BCUT2D eigenvalue weighted by atomic mass is 10.1. The largest absolute Gasteiger partial charge is 0.369 e. The molecule has 116 valence electrons. The minimum absolute atomic E-state index is 0.0164. The number of aromatic nitrogens is 1. The number of hydrogen-bond acceptors (Lipinski definition) is 5. The van der Waals surface area contributed by atoms with Crippen molar-refractivity contribution in [1.82, 2.24) is 10.3 Å². The fraction of sp³-hybridized carbons (Fsp3) is 0.571. The Morgan fingerprint density at radius 2 is 2.29 bits per heavy atom. The average Bonchev–Trinajstić information content (AvgIpc) is 2.82. The molecule has 2 N–H and O–H groups in total. The summed E-state index contributed by atoms with van der Waals surface area (Å²) in [7, 11) is -2.90. The van der Waals surface area contributed by atoms with Crippen LogP contribution in [0.2, 0.25) is 0 Å². The molecule has 7 heteroatoms. The maximum Gasteiger partial charge on any atom is 0.255 e. The summed E-state index contributed by atoms with van der Waals surface area (Å²) in [6.07, 6.45) is 3.20. The zero-order valence-electron chi connectivity index (χ0n) is 12.1. The number of hydrogen-bond donors (Lipinski definition) is 2. The predicted octanol–water partition coefficient (Wildman–Crippen LogP) is 1.07. The van der Waals surface area contributed by atoms with Crippen molar-refractivity contribution < 1.29 is 13.2 Å². The van der Waals surface area contributed by atoms with Crippen LogP contribution in [0.1, 0.15) is 30.1 Å². The minimum atomic E-state index is -2.90. The lowest BCUT2D eigenvalue weighted by molar-refractivity contribution is 0.0949. The van der Waals surface area contributed by atoms with E-state index in [1.807, 2.05) is 6.92 Å². The van der Waals surface area contributed by atoms with Crippen molar-refractivity contribution >= 4 is 21.6 Å². The monoisotopic (exact) mass is 311 g/mol. The van der Waals surface area contributed by atoms with Gasteiger partial charge in [0.15, 0.2) is 9.84 Å². The number of pyridine rings is 1. The molecule has 1 aromatic rings. The summed E-state index contributed by atoms with van der Waals surface area (Å²) in [6.45, 7) is 3.18. The van der Waals surface area contributed by atoms with Crippen LogP contribution in [-0.2, 0) is 9.84 Å². The summed E-state index contributed by atoms with van der Waals surface area (Å²) in [4.78, 5) is 16.4. The second-order valence-electron chi connectivity index (χ2n) is 5.31. The molecule has 1 aliphatic heterocycles. The molecule has 0 bridgehead atoms. The van der Waals surface area contributed by atoms with Crippen molar-refractivity contribution in [3.8, 4) is 0 Å². The topological polar surface area (TPSA) is 88.2 Å². The van der Waals surface area contributed by atoms with Gasteiger partial charge in [-0.2, -0.15) is 0 Å². The van der Waals surface area contributed by atoms with Gasteiger partial charge < -0.3 is 10.6 Å². The Morgan fingerprint density at radius 3 is 2.95 bits per heavy atom. The number of nitrogens with one attached hydrogen (secondary N) is 2. The van der Waals surface area contributed by atoms with Gasteiger partial charge in [0.25, 0.3) is 5.91 Å². The summed E-state index contributed by atoms with van der Waals surface area (Å²) in [5, 5.41) is 5.93. The van der Waals surface area contributed by atoms with Crippen molar-refractivity contribution in [3.63, 3.8) is 0 Å². The summed E-state index contributed by atoms with van der Waals surface area (Å²) in [5.74, 6) is 0.759. The number of carbonyl (C=O) groups is 1. The average molecular weight is 311 g/mol. The highest BCUT2D eigenvalue weighted by molar-refractivity contribution is 7.91.